The van der Waals surface area contributed by atoms with Crippen molar-refractivity contribution in [3.05, 3.63) is 71.8 Å². The monoisotopic (exact) mass is 284 g/mol. The van der Waals surface area contributed by atoms with Crippen LogP contribution in [0.5, 0.6) is 0 Å². The Morgan fingerprint density at radius 1 is 0.857 bits per heavy atom. The Bertz CT molecular complexity index is 584. The van der Waals surface area contributed by atoms with Gasteiger partial charge in [0, 0.05) is 5.92 Å². The zero-order valence-electron chi connectivity index (χ0n) is 11.8. The van der Waals surface area contributed by atoms with E-state index in [1.807, 2.05) is 48.5 Å². The van der Waals surface area contributed by atoms with Crippen LogP contribution >= 0.6 is 0 Å². The van der Waals surface area contributed by atoms with Crippen molar-refractivity contribution < 1.29 is 15.3 Å². The average Bonchev–Trinajstić information content (AvgIpc) is 2.54. The van der Waals surface area contributed by atoms with Gasteiger partial charge in [-0.25, -0.2) is 0 Å². The highest BCUT2D eigenvalue weighted by Crippen LogP contribution is 2.43. The van der Waals surface area contributed by atoms with Crippen LogP contribution in [0.2, 0.25) is 0 Å². The third-order valence-corrected chi connectivity index (χ3v) is 4.56. The first kappa shape index (κ1) is 14.3. The predicted octanol–water partition coefficient (Wildman–Crippen LogP) is 2.17. The molecule has 0 aliphatic heterocycles. The fraction of sp³-hybridized carbons (Fsp3) is 0.333. The van der Waals surface area contributed by atoms with Crippen LogP contribution < -0.4 is 0 Å². The lowest BCUT2D eigenvalue weighted by Crippen LogP contribution is -2.52. The van der Waals surface area contributed by atoms with Crippen LogP contribution in [0.15, 0.2) is 60.7 Å². The minimum Gasteiger partial charge on any atom is -0.390 e. The Hall–Kier alpha value is -1.68. The Labute approximate surface area is 124 Å². The van der Waals surface area contributed by atoms with E-state index < -0.39 is 17.8 Å². The van der Waals surface area contributed by atoms with Crippen molar-refractivity contribution in [1.82, 2.24) is 0 Å². The Morgan fingerprint density at radius 2 is 1.43 bits per heavy atom. The van der Waals surface area contributed by atoms with E-state index in [0.29, 0.717) is 18.4 Å². The molecule has 0 spiro atoms. The molecule has 1 aliphatic rings. The molecule has 2 aromatic rings. The van der Waals surface area contributed by atoms with Crippen molar-refractivity contribution in [1.29, 1.82) is 0 Å². The largest absolute Gasteiger partial charge is 0.390 e. The van der Waals surface area contributed by atoms with E-state index in [2.05, 4.69) is 0 Å². The molecular weight excluding hydrogens is 264 g/mol. The summed E-state index contributed by atoms with van der Waals surface area (Å²) in [7, 11) is 0. The van der Waals surface area contributed by atoms with Gasteiger partial charge in [0.15, 0.2) is 0 Å². The molecule has 0 heterocycles. The SMILES string of the molecule is O[C@H]1[C@@H](O)[C@](O)(c2ccccc2)CC[C@H]1c1ccccc1. The van der Waals surface area contributed by atoms with Gasteiger partial charge in [0.2, 0.25) is 0 Å². The smallest absolute Gasteiger partial charge is 0.118 e. The molecule has 0 radical (unpaired) electrons. The minimum atomic E-state index is -1.38. The highest BCUT2D eigenvalue weighted by Gasteiger charge is 2.48. The van der Waals surface area contributed by atoms with Crippen LogP contribution in [0.4, 0.5) is 0 Å². The van der Waals surface area contributed by atoms with E-state index in [1.54, 1.807) is 12.1 Å². The van der Waals surface area contributed by atoms with Crippen LogP contribution in [-0.2, 0) is 5.60 Å². The minimum absolute atomic E-state index is 0.148. The first-order valence-corrected chi connectivity index (χ1v) is 7.32. The third-order valence-electron chi connectivity index (χ3n) is 4.56. The van der Waals surface area contributed by atoms with Gasteiger partial charge in [-0.05, 0) is 24.0 Å². The van der Waals surface area contributed by atoms with E-state index in [1.165, 1.54) is 0 Å². The molecule has 3 rings (SSSR count). The molecular formula is C18H20O3. The second-order valence-corrected chi connectivity index (χ2v) is 5.78. The van der Waals surface area contributed by atoms with Crippen molar-refractivity contribution >= 4 is 0 Å². The summed E-state index contributed by atoms with van der Waals surface area (Å²) in [5.41, 5.74) is 0.272. The Morgan fingerprint density at radius 3 is 2.05 bits per heavy atom. The summed E-state index contributed by atoms with van der Waals surface area (Å²) in [6.45, 7) is 0. The molecule has 3 heteroatoms. The molecule has 110 valence electrons. The lowest BCUT2D eigenvalue weighted by molar-refractivity contribution is -0.163. The quantitative estimate of drug-likeness (QED) is 0.792. The van der Waals surface area contributed by atoms with E-state index >= 15 is 0 Å². The molecule has 1 aliphatic carbocycles. The lowest BCUT2D eigenvalue weighted by atomic mass is 9.69. The molecule has 2 aromatic carbocycles. The molecule has 0 unspecified atom stereocenters. The highest BCUT2D eigenvalue weighted by atomic mass is 16.4. The predicted molar refractivity (Wildman–Crippen MR) is 80.8 cm³/mol. The molecule has 3 N–H and O–H groups in total. The van der Waals surface area contributed by atoms with Gasteiger partial charge in [-0.1, -0.05) is 60.7 Å². The Kier molecular flexibility index (Phi) is 3.81. The first-order valence-electron chi connectivity index (χ1n) is 7.32. The molecule has 0 saturated heterocycles. The van der Waals surface area contributed by atoms with E-state index in [0.717, 1.165) is 5.56 Å². The summed E-state index contributed by atoms with van der Waals surface area (Å²) < 4.78 is 0. The van der Waals surface area contributed by atoms with Crippen LogP contribution in [0.3, 0.4) is 0 Å². The van der Waals surface area contributed by atoms with Gasteiger partial charge in [-0.2, -0.15) is 0 Å². The van der Waals surface area contributed by atoms with Gasteiger partial charge in [-0.3, -0.25) is 0 Å². The van der Waals surface area contributed by atoms with Crippen LogP contribution in [0, 0.1) is 0 Å². The molecule has 0 aromatic heterocycles. The maximum Gasteiger partial charge on any atom is 0.118 e. The number of hydrogen-bond acceptors (Lipinski definition) is 3. The fourth-order valence-corrected chi connectivity index (χ4v) is 3.30. The Balaban J connectivity index is 1.88. The topological polar surface area (TPSA) is 60.7 Å². The molecule has 0 amide bonds. The summed E-state index contributed by atoms with van der Waals surface area (Å²) in [6, 6.07) is 18.8. The molecule has 1 saturated carbocycles. The van der Waals surface area contributed by atoms with Gasteiger partial charge < -0.3 is 15.3 Å². The fourth-order valence-electron chi connectivity index (χ4n) is 3.30. The summed E-state index contributed by atoms with van der Waals surface area (Å²) in [6.07, 6.45) is -1.12. The molecule has 21 heavy (non-hydrogen) atoms. The van der Waals surface area contributed by atoms with Gasteiger partial charge in [0.25, 0.3) is 0 Å². The van der Waals surface area contributed by atoms with E-state index in [4.69, 9.17) is 0 Å². The van der Waals surface area contributed by atoms with E-state index in [-0.39, 0.29) is 5.92 Å². The maximum absolute atomic E-state index is 10.8. The number of aliphatic hydroxyl groups excluding tert-OH is 2. The average molecular weight is 284 g/mol. The molecule has 0 bridgehead atoms. The van der Waals surface area contributed by atoms with Crippen LogP contribution in [0.1, 0.15) is 29.9 Å². The number of aliphatic hydroxyl groups is 3. The van der Waals surface area contributed by atoms with Crippen molar-refractivity contribution in [2.24, 2.45) is 0 Å². The third kappa shape index (κ3) is 2.48. The van der Waals surface area contributed by atoms with Gasteiger partial charge in [0.1, 0.15) is 11.7 Å². The first-order chi connectivity index (χ1) is 10.1. The standard InChI is InChI=1S/C18H20O3/c19-16-15(13-7-3-1-4-8-13)11-12-18(21,17(16)20)14-9-5-2-6-10-14/h1-10,15-17,19-21H,11-12H2/t15-,16+,17+,18+/m0/s1. The molecule has 4 atom stereocenters. The lowest BCUT2D eigenvalue weighted by Gasteiger charge is -2.44. The van der Waals surface area contributed by atoms with E-state index in [9.17, 15) is 15.3 Å². The van der Waals surface area contributed by atoms with Crippen LogP contribution in [-0.4, -0.2) is 27.5 Å². The normalized spacial score (nSPS) is 32.8. The van der Waals surface area contributed by atoms with Crippen molar-refractivity contribution in [3.8, 4) is 0 Å². The number of hydrogen-bond donors (Lipinski definition) is 3. The van der Waals surface area contributed by atoms with Gasteiger partial charge in [-0.15, -0.1) is 0 Å². The molecule has 3 nitrogen and oxygen atoms in total. The second-order valence-electron chi connectivity index (χ2n) is 5.78. The van der Waals surface area contributed by atoms with Gasteiger partial charge in [0.05, 0.1) is 6.10 Å². The van der Waals surface area contributed by atoms with Crippen LogP contribution in [0.25, 0.3) is 0 Å². The summed E-state index contributed by atoms with van der Waals surface area (Å²) in [5.74, 6) is -0.148. The summed E-state index contributed by atoms with van der Waals surface area (Å²) in [5, 5.41) is 31.8. The van der Waals surface area contributed by atoms with Crippen molar-refractivity contribution in [2.75, 3.05) is 0 Å². The van der Waals surface area contributed by atoms with Crippen molar-refractivity contribution in [2.45, 2.75) is 36.6 Å². The number of benzene rings is 2. The zero-order chi connectivity index (χ0) is 14.9. The molecule has 1 fully saturated rings. The summed E-state index contributed by atoms with van der Waals surface area (Å²) in [4.78, 5) is 0. The summed E-state index contributed by atoms with van der Waals surface area (Å²) >= 11 is 0. The second kappa shape index (κ2) is 5.60. The maximum atomic E-state index is 10.8. The highest BCUT2D eigenvalue weighted by molar-refractivity contribution is 5.29. The number of rotatable bonds is 2. The van der Waals surface area contributed by atoms with Gasteiger partial charge >= 0.3 is 0 Å². The van der Waals surface area contributed by atoms with Crippen molar-refractivity contribution in [3.63, 3.8) is 0 Å². The zero-order valence-corrected chi connectivity index (χ0v) is 11.8.